The van der Waals surface area contributed by atoms with E-state index < -0.39 is 4.92 Å². The molecule has 96 valence electrons. The van der Waals surface area contributed by atoms with Gasteiger partial charge in [0.25, 0.3) is 4.96 Å². The summed E-state index contributed by atoms with van der Waals surface area (Å²) in [5.74, 6) is 0.0548. The van der Waals surface area contributed by atoms with E-state index in [4.69, 9.17) is 16.3 Å². The van der Waals surface area contributed by atoms with Crippen molar-refractivity contribution in [3.63, 3.8) is 0 Å². The molecule has 0 amide bonds. The highest BCUT2D eigenvalue weighted by Crippen LogP contribution is 2.35. The van der Waals surface area contributed by atoms with Gasteiger partial charge in [0.15, 0.2) is 0 Å². The molecular weight excluding hydrogens is 290 g/mol. The predicted octanol–water partition coefficient (Wildman–Crippen LogP) is 3.75. The second-order valence-corrected chi connectivity index (χ2v) is 4.87. The number of benzene rings is 1. The molecule has 0 radical (unpaired) electrons. The summed E-state index contributed by atoms with van der Waals surface area (Å²) in [6.07, 6.45) is 1.57. The molecule has 0 aliphatic rings. The molecule has 0 aliphatic heterocycles. The van der Waals surface area contributed by atoms with Crippen molar-refractivity contribution < 1.29 is 9.66 Å². The number of rotatable bonds is 3. The lowest BCUT2D eigenvalue weighted by molar-refractivity contribution is -0.391. The summed E-state index contributed by atoms with van der Waals surface area (Å²) in [5.41, 5.74) is 0. The fourth-order valence-corrected chi connectivity index (χ4v) is 2.50. The Kier molecular flexibility index (Phi) is 2.84. The lowest BCUT2D eigenvalue weighted by atomic mass is 10.3. The van der Waals surface area contributed by atoms with E-state index in [1.54, 1.807) is 35.8 Å². The third kappa shape index (κ3) is 2.02. The second kappa shape index (κ2) is 4.52. The predicted molar refractivity (Wildman–Crippen MR) is 71.2 cm³/mol. The Labute approximate surface area is 116 Å². The number of halogens is 1. The Bertz CT molecular complexity index is 767. The molecule has 0 aliphatic carbocycles. The van der Waals surface area contributed by atoms with Gasteiger partial charge >= 0.3 is 11.7 Å². The Morgan fingerprint density at radius 2 is 2.21 bits per heavy atom. The van der Waals surface area contributed by atoms with E-state index in [-0.39, 0.29) is 11.7 Å². The molecule has 3 aromatic rings. The van der Waals surface area contributed by atoms with Crippen LogP contribution in [0.2, 0.25) is 5.02 Å². The molecule has 1 aromatic carbocycles. The first-order valence-electron chi connectivity index (χ1n) is 5.19. The van der Waals surface area contributed by atoms with Crippen LogP contribution in [0, 0.1) is 10.1 Å². The molecule has 6 nitrogen and oxygen atoms in total. The summed E-state index contributed by atoms with van der Waals surface area (Å²) in [4.78, 5) is 15.2. The van der Waals surface area contributed by atoms with Gasteiger partial charge in [0, 0.05) is 5.38 Å². The van der Waals surface area contributed by atoms with Crippen molar-refractivity contribution in [2.45, 2.75) is 0 Å². The van der Waals surface area contributed by atoms with Crippen LogP contribution in [0.5, 0.6) is 11.6 Å². The second-order valence-electron chi connectivity index (χ2n) is 3.59. The number of aromatic nitrogens is 2. The molecule has 0 atom stereocenters. The molecule has 8 heteroatoms. The van der Waals surface area contributed by atoms with Gasteiger partial charge in [-0.3, -0.25) is 0 Å². The molecule has 0 unspecified atom stereocenters. The average Bonchev–Trinajstić information content (AvgIpc) is 2.91. The molecule has 2 heterocycles. The molecule has 2 aromatic heterocycles. The number of nitrogens with zero attached hydrogens (tertiary/aromatic N) is 3. The zero-order valence-electron chi connectivity index (χ0n) is 9.32. The Morgan fingerprint density at radius 3 is 2.95 bits per heavy atom. The maximum Gasteiger partial charge on any atom is 0.393 e. The molecule has 0 spiro atoms. The number of hydrogen-bond donors (Lipinski definition) is 0. The molecular formula is C11H6ClN3O3S. The van der Waals surface area contributed by atoms with Gasteiger partial charge < -0.3 is 14.9 Å². The van der Waals surface area contributed by atoms with Gasteiger partial charge in [0.1, 0.15) is 11.9 Å². The van der Waals surface area contributed by atoms with Crippen molar-refractivity contribution in [1.82, 2.24) is 9.38 Å². The van der Waals surface area contributed by atoms with E-state index in [9.17, 15) is 10.1 Å². The number of hydrogen-bond acceptors (Lipinski definition) is 5. The number of para-hydroxylation sites is 1. The number of fused-ring (bicyclic) bond motifs is 1. The summed E-state index contributed by atoms with van der Waals surface area (Å²) in [7, 11) is 0. The van der Waals surface area contributed by atoms with Crippen molar-refractivity contribution in [3.8, 4) is 11.6 Å². The van der Waals surface area contributed by atoms with Crippen molar-refractivity contribution in [2.75, 3.05) is 0 Å². The highest BCUT2D eigenvalue weighted by atomic mass is 35.5. The van der Waals surface area contributed by atoms with Gasteiger partial charge in [-0.2, -0.15) is 9.38 Å². The van der Waals surface area contributed by atoms with Crippen LogP contribution in [-0.4, -0.2) is 14.3 Å². The Hall–Kier alpha value is -2.12. The SMILES string of the molecule is O=[N+]([O-])c1c(Oc2ccccc2Cl)nc2sccn12. The molecule has 0 saturated carbocycles. The van der Waals surface area contributed by atoms with Gasteiger partial charge in [0.2, 0.25) is 0 Å². The fourth-order valence-electron chi connectivity index (χ4n) is 1.62. The normalized spacial score (nSPS) is 10.8. The number of ether oxygens (including phenoxy) is 1. The van der Waals surface area contributed by atoms with Crippen LogP contribution in [-0.2, 0) is 0 Å². The third-order valence-electron chi connectivity index (χ3n) is 2.42. The molecule has 3 rings (SSSR count). The molecule has 0 saturated heterocycles. The topological polar surface area (TPSA) is 69.7 Å². The largest absolute Gasteiger partial charge is 0.431 e. The summed E-state index contributed by atoms with van der Waals surface area (Å²) in [6, 6.07) is 6.74. The van der Waals surface area contributed by atoms with Crippen LogP contribution in [0.4, 0.5) is 5.82 Å². The minimum absolute atomic E-state index is 0.0649. The Balaban J connectivity index is 2.10. The van der Waals surface area contributed by atoms with Crippen molar-refractivity contribution in [2.24, 2.45) is 0 Å². The van der Waals surface area contributed by atoms with Crippen LogP contribution in [0.25, 0.3) is 4.96 Å². The first kappa shape index (κ1) is 11.9. The van der Waals surface area contributed by atoms with Crippen LogP contribution in [0.15, 0.2) is 35.8 Å². The van der Waals surface area contributed by atoms with Gasteiger partial charge in [-0.05, 0) is 17.1 Å². The summed E-state index contributed by atoms with van der Waals surface area (Å²) >= 11 is 7.24. The Morgan fingerprint density at radius 1 is 1.42 bits per heavy atom. The number of imidazole rings is 1. The van der Waals surface area contributed by atoms with Crippen LogP contribution in [0.3, 0.4) is 0 Å². The molecule has 19 heavy (non-hydrogen) atoms. The quantitative estimate of drug-likeness (QED) is 0.545. The standard InChI is InChI=1S/C11H6ClN3O3S/c12-7-3-1-2-4-8(7)18-9-10(15(16)17)14-5-6-19-11(14)13-9/h1-6H. The van der Waals surface area contributed by atoms with Crippen LogP contribution in [0.1, 0.15) is 0 Å². The van der Waals surface area contributed by atoms with Crippen molar-refractivity contribution in [3.05, 3.63) is 51.0 Å². The summed E-state index contributed by atoms with van der Waals surface area (Å²) in [6.45, 7) is 0. The van der Waals surface area contributed by atoms with Crippen molar-refractivity contribution >= 4 is 33.7 Å². The first-order chi connectivity index (χ1) is 9.16. The lowest BCUT2D eigenvalue weighted by Crippen LogP contribution is -1.95. The smallest absolute Gasteiger partial charge is 0.393 e. The molecule has 0 fully saturated rings. The fraction of sp³-hybridized carbons (Fsp3) is 0. The zero-order valence-corrected chi connectivity index (χ0v) is 10.9. The maximum absolute atomic E-state index is 11.1. The minimum Gasteiger partial charge on any atom is -0.431 e. The number of nitro groups is 1. The maximum atomic E-state index is 11.1. The van der Waals surface area contributed by atoms with E-state index in [0.29, 0.717) is 15.7 Å². The van der Waals surface area contributed by atoms with E-state index in [1.807, 2.05) is 0 Å². The highest BCUT2D eigenvalue weighted by Gasteiger charge is 2.26. The average molecular weight is 296 g/mol. The third-order valence-corrected chi connectivity index (χ3v) is 3.49. The molecule has 0 N–H and O–H groups in total. The zero-order chi connectivity index (χ0) is 13.4. The number of thiazole rings is 1. The van der Waals surface area contributed by atoms with E-state index in [0.717, 1.165) is 0 Å². The minimum atomic E-state index is -0.529. The van der Waals surface area contributed by atoms with Crippen LogP contribution < -0.4 is 4.74 Å². The first-order valence-corrected chi connectivity index (χ1v) is 6.45. The van der Waals surface area contributed by atoms with E-state index >= 15 is 0 Å². The lowest BCUT2D eigenvalue weighted by Gasteiger charge is -2.03. The van der Waals surface area contributed by atoms with E-state index in [1.165, 1.54) is 15.7 Å². The van der Waals surface area contributed by atoms with Gasteiger partial charge in [-0.25, -0.2) is 0 Å². The van der Waals surface area contributed by atoms with Gasteiger partial charge in [0.05, 0.1) is 5.02 Å². The summed E-state index contributed by atoms with van der Waals surface area (Å²) < 4.78 is 6.82. The van der Waals surface area contributed by atoms with Gasteiger partial charge in [-0.15, -0.1) is 0 Å². The monoisotopic (exact) mass is 295 g/mol. The highest BCUT2D eigenvalue weighted by molar-refractivity contribution is 7.15. The van der Waals surface area contributed by atoms with E-state index in [2.05, 4.69) is 4.98 Å². The summed E-state index contributed by atoms with van der Waals surface area (Å²) in [5, 5.41) is 13.2. The van der Waals surface area contributed by atoms with Gasteiger partial charge in [-0.1, -0.05) is 35.1 Å². The van der Waals surface area contributed by atoms with Crippen molar-refractivity contribution in [1.29, 1.82) is 0 Å². The molecule has 0 bridgehead atoms. The van der Waals surface area contributed by atoms with Crippen LogP contribution >= 0.6 is 22.9 Å².